The summed E-state index contributed by atoms with van der Waals surface area (Å²) >= 11 is 0. The van der Waals surface area contributed by atoms with Crippen LogP contribution < -0.4 is 26.6 Å². The molecule has 1 heterocycles. The molecule has 0 aliphatic carbocycles. The first-order valence-electron chi connectivity index (χ1n) is 8.28. The molecule has 130 valence electrons. The topological polar surface area (TPSA) is 82.4 Å². The van der Waals surface area contributed by atoms with E-state index in [1.54, 1.807) is 18.1 Å². The molecule has 0 aromatic heterocycles. The molecule has 1 unspecified atom stereocenters. The van der Waals surface area contributed by atoms with Gasteiger partial charge in [-0.3, -0.25) is 4.90 Å². The Morgan fingerprint density at radius 1 is 1.54 bits per heavy atom. The number of nitrogens with zero attached hydrogens (tertiary/aromatic N) is 1. The van der Waals surface area contributed by atoms with Crippen molar-refractivity contribution in [2.45, 2.75) is 19.4 Å². The number of carbonyl (C=O) groups is 1. The Kier molecular flexibility index (Phi) is 6.26. The Balaban J connectivity index is 2.33. The molecule has 24 heavy (non-hydrogen) atoms. The third kappa shape index (κ3) is 4.08. The van der Waals surface area contributed by atoms with Gasteiger partial charge < -0.3 is 21.7 Å². The molecule has 2 rings (SSSR count). The van der Waals surface area contributed by atoms with Crippen LogP contribution in [-0.4, -0.2) is 38.8 Å². The highest BCUT2D eigenvalue weighted by Crippen LogP contribution is 2.34. The number of hydrogen-bond donors (Lipinski definition) is 4. The minimum atomic E-state index is -0.112. The first-order valence-corrected chi connectivity index (χ1v) is 8.28. The number of benzene rings is 1. The number of hydrogen-bond acceptors (Lipinski definition) is 4. The van der Waals surface area contributed by atoms with Gasteiger partial charge in [0.15, 0.2) is 0 Å². The smallest absolute Gasteiger partial charge is 0.321 e. The van der Waals surface area contributed by atoms with Gasteiger partial charge in [-0.25, -0.2) is 4.79 Å². The minimum absolute atomic E-state index is 0.0891. The van der Waals surface area contributed by atoms with Crippen molar-refractivity contribution in [2.75, 3.05) is 36.9 Å². The molecular formula is C18H27N5O. The largest absolute Gasteiger partial charge is 0.389 e. The number of fused-ring (bicyclic) bond motifs is 1. The molecule has 0 spiro atoms. The highest BCUT2D eigenvalue weighted by atomic mass is 16.2. The van der Waals surface area contributed by atoms with Crippen molar-refractivity contribution in [1.82, 2.24) is 10.6 Å². The van der Waals surface area contributed by atoms with E-state index in [0.29, 0.717) is 13.1 Å². The van der Waals surface area contributed by atoms with Crippen LogP contribution in [0.2, 0.25) is 0 Å². The van der Waals surface area contributed by atoms with E-state index >= 15 is 0 Å². The van der Waals surface area contributed by atoms with Gasteiger partial charge in [0.2, 0.25) is 0 Å². The average molecular weight is 329 g/mol. The van der Waals surface area contributed by atoms with E-state index in [4.69, 9.17) is 5.73 Å². The van der Waals surface area contributed by atoms with Crippen LogP contribution in [0.15, 0.2) is 37.1 Å². The summed E-state index contributed by atoms with van der Waals surface area (Å²) in [5.41, 5.74) is 10.4. The summed E-state index contributed by atoms with van der Waals surface area (Å²) in [6.07, 6.45) is 4.65. The standard InChI is InChI=1S/C18H27N5O/c1-4-21-12-14(19)10-13-8-9-22-17-7-6-15(11-16(13)17)23(5-2)18(24)20-3/h4,6-7,10-11,14,21-22H,1,5,8-9,12,19H2,2-3H3,(H,20,24)/b13-10+. The number of nitrogens with two attached hydrogens (primary N) is 1. The fraction of sp³-hybridized carbons (Fsp3) is 0.389. The van der Waals surface area contributed by atoms with Crippen molar-refractivity contribution in [3.05, 3.63) is 42.6 Å². The van der Waals surface area contributed by atoms with Gasteiger partial charge in [-0.15, -0.1) is 0 Å². The van der Waals surface area contributed by atoms with Crippen LogP contribution in [0.4, 0.5) is 16.2 Å². The zero-order chi connectivity index (χ0) is 17.5. The van der Waals surface area contributed by atoms with Crippen LogP contribution in [0.25, 0.3) is 5.57 Å². The fourth-order valence-electron chi connectivity index (χ4n) is 2.87. The molecule has 0 bridgehead atoms. The van der Waals surface area contributed by atoms with Gasteiger partial charge in [-0.2, -0.15) is 0 Å². The van der Waals surface area contributed by atoms with Crippen molar-refractivity contribution in [2.24, 2.45) is 5.73 Å². The Hall–Kier alpha value is -2.47. The third-order valence-corrected chi connectivity index (χ3v) is 4.06. The second-order valence-corrected chi connectivity index (χ2v) is 5.67. The van der Waals surface area contributed by atoms with Crippen molar-refractivity contribution in [3.8, 4) is 0 Å². The van der Waals surface area contributed by atoms with Gasteiger partial charge in [0.25, 0.3) is 0 Å². The number of anilines is 2. The van der Waals surface area contributed by atoms with Gasteiger partial charge in [0.1, 0.15) is 0 Å². The summed E-state index contributed by atoms with van der Waals surface area (Å²) < 4.78 is 0. The van der Waals surface area contributed by atoms with Crippen molar-refractivity contribution in [1.29, 1.82) is 0 Å². The van der Waals surface area contributed by atoms with Crippen molar-refractivity contribution < 1.29 is 4.79 Å². The average Bonchev–Trinajstić information content (AvgIpc) is 2.60. The van der Waals surface area contributed by atoms with Crippen LogP contribution in [-0.2, 0) is 0 Å². The maximum absolute atomic E-state index is 12.0. The second-order valence-electron chi connectivity index (χ2n) is 5.67. The maximum atomic E-state index is 12.0. The summed E-state index contributed by atoms with van der Waals surface area (Å²) in [6, 6.07) is 5.84. The summed E-state index contributed by atoms with van der Waals surface area (Å²) in [5, 5.41) is 9.12. The van der Waals surface area contributed by atoms with E-state index in [1.165, 1.54) is 5.57 Å². The molecule has 5 N–H and O–H groups in total. The van der Waals surface area contributed by atoms with E-state index in [0.717, 1.165) is 29.9 Å². The molecule has 0 radical (unpaired) electrons. The Labute approximate surface area is 143 Å². The lowest BCUT2D eigenvalue weighted by molar-refractivity contribution is 0.248. The number of amides is 2. The second kappa shape index (κ2) is 8.40. The zero-order valence-corrected chi connectivity index (χ0v) is 14.4. The SMILES string of the molecule is C=CNCC(N)/C=C1\CCNc2ccc(N(CC)C(=O)NC)cc21. The number of nitrogens with one attached hydrogen (secondary N) is 3. The van der Waals surface area contributed by atoms with Gasteiger partial charge in [-0.1, -0.05) is 12.7 Å². The number of carbonyl (C=O) groups excluding carboxylic acids is 1. The minimum Gasteiger partial charge on any atom is -0.389 e. The van der Waals surface area contributed by atoms with Crippen LogP contribution in [0, 0.1) is 0 Å². The van der Waals surface area contributed by atoms with Crippen LogP contribution >= 0.6 is 0 Å². The lowest BCUT2D eigenvalue weighted by Crippen LogP contribution is -2.38. The Bertz CT molecular complexity index is 626. The molecule has 1 aliphatic rings. The van der Waals surface area contributed by atoms with Crippen LogP contribution in [0.3, 0.4) is 0 Å². The molecule has 0 fully saturated rings. The molecule has 1 atom stereocenters. The van der Waals surface area contributed by atoms with E-state index in [-0.39, 0.29) is 12.1 Å². The Morgan fingerprint density at radius 2 is 2.33 bits per heavy atom. The monoisotopic (exact) mass is 329 g/mol. The summed E-state index contributed by atoms with van der Waals surface area (Å²) in [7, 11) is 1.64. The molecule has 0 saturated heterocycles. The fourth-order valence-corrected chi connectivity index (χ4v) is 2.87. The van der Waals surface area contributed by atoms with Crippen LogP contribution in [0.5, 0.6) is 0 Å². The first-order chi connectivity index (χ1) is 11.6. The maximum Gasteiger partial charge on any atom is 0.321 e. The van der Waals surface area contributed by atoms with E-state index < -0.39 is 0 Å². The molecule has 1 aromatic carbocycles. The predicted molar refractivity (Wildman–Crippen MR) is 101 cm³/mol. The number of rotatable bonds is 6. The highest BCUT2D eigenvalue weighted by molar-refractivity contribution is 5.93. The van der Waals surface area contributed by atoms with E-state index in [1.807, 2.05) is 19.1 Å². The quantitative estimate of drug-likeness (QED) is 0.644. The summed E-state index contributed by atoms with van der Waals surface area (Å²) in [4.78, 5) is 13.8. The molecule has 2 amide bonds. The third-order valence-electron chi connectivity index (χ3n) is 4.06. The van der Waals surface area contributed by atoms with Crippen LogP contribution in [0.1, 0.15) is 18.9 Å². The van der Waals surface area contributed by atoms with Gasteiger partial charge >= 0.3 is 6.03 Å². The highest BCUT2D eigenvalue weighted by Gasteiger charge is 2.18. The number of urea groups is 1. The molecule has 6 heteroatoms. The van der Waals surface area contributed by atoms with Gasteiger partial charge in [0, 0.05) is 49.7 Å². The lowest BCUT2D eigenvalue weighted by atomic mass is 9.94. The van der Waals surface area contributed by atoms with Gasteiger partial charge in [0.05, 0.1) is 0 Å². The van der Waals surface area contributed by atoms with Crippen molar-refractivity contribution in [3.63, 3.8) is 0 Å². The Morgan fingerprint density at radius 3 is 3.00 bits per heavy atom. The summed E-state index contributed by atoms with van der Waals surface area (Å²) in [5.74, 6) is 0. The molecular weight excluding hydrogens is 302 g/mol. The predicted octanol–water partition coefficient (Wildman–Crippen LogP) is 2.11. The molecule has 1 aliphatic heterocycles. The first kappa shape index (κ1) is 17.9. The zero-order valence-electron chi connectivity index (χ0n) is 14.4. The molecule has 1 aromatic rings. The van der Waals surface area contributed by atoms with E-state index in [2.05, 4.69) is 34.7 Å². The molecule has 0 saturated carbocycles. The van der Waals surface area contributed by atoms with E-state index in [9.17, 15) is 4.79 Å². The van der Waals surface area contributed by atoms with Crippen molar-refractivity contribution >= 4 is 23.0 Å². The normalized spacial score (nSPS) is 15.9. The van der Waals surface area contributed by atoms with Gasteiger partial charge in [-0.05, 0) is 43.3 Å². The summed E-state index contributed by atoms with van der Waals surface area (Å²) in [6.45, 7) is 7.73. The molecule has 6 nitrogen and oxygen atoms in total. The lowest BCUT2D eigenvalue weighted by Gasteiger charge is -2.26.